The van der Waals surface area contributed by atoms with Crippen LogP contribution in [0.15, 0.2) is 52.2 Å². The number of fused-ring (bicyclic) bond motifs is 1. The number of ether oxygens (including phenoxy) is 1. The van der Waals surface area contributed by atoms with Gasteiger partial charge in [-0.2, -0.15) is 0 Å². The van der Waals surface area contributed by atoms with Gasteiger partial charge in [-0.3, -0.25) is 4.79 Å². The van der Waals surface area contributed by atoms with E-state index in [2.05, 4.69) is 6.58 Å². The van der Waals surface area contributed by atoms with E-state index < -0.39 is 5.43 Å². The van der Waals surface area contributed by atoms with E-state index in [0.717, 1.165) is 0 Å². The third-order valence-corrected chi connectivity index (χ3v) is 3.89. The topological polar surface area (TPSA) is 100 Å². The zero-order chi connectivity index (χ0) is 18.1. The standard InChI is InChI=1S/C19H16O6/c1-3-4-11-12(20)8-17-18(19(11)23)14(22)9-16(25-17)10-5-6-15(24-2)13(21)7-10/h3,5-9,20-21,23H,1,4H2,2H3. The first-order valence-electron chi connectivity index (χ1n) is 7.46. The maximum atomic E-state index is 12.5. The van der Waals surface area contributed by atoms with Crippen LogP contribution in [0.3, 0.4) is 0 Å². The monoisotopic (exact) mass is 340 g/mol. The molecule has 3 aromatic rings. The Hall–Kier alpha value is -3.41. The molecule has 0 amide bonds. The van der Waals surface area contributed by atoms with Gasteiger partial charge in [-0.05, 0) is 24.6 Å². The SMILES string of the molecule is C=CCc1c(O)cc2oc(-c3ccc(OC)c(O)c3)cc(=O)c2c1O. The molecule has 0 atom stereocenters. The summed E-state index contributed by atoms with van der Waals surface area (Å²) in [6.07, 6.45) is 1.72. The minimum Gasteiger partial charge on any atom is -0.507 e. The second kappa shape index (κ2) is 6.24. The van der Waals surface area contributed by atoms with Crippen molar-refractivity contribution >= 4 is 11.0 Å². The lowest BCUT2D eigenvalue weighted by Crippen LogP contribution is -2.02. The van der Waals surface area contributed by atoms with Gasteiger partial charge in [0.05, 0.1) is 7.11 Å². The minimum absolute atomic E-state index is 0.0175. The van der Waals surface area contributed by atoms with Gasteiger partial charge in [0, 0.05) is 23.3 Å². The van der Waals surface area contributed by atoms with Crippen LogP contribution < -0.4 is 10.2 Å². The van der Waals surface area contributed by atoms with E-state index in [1.807, 2.05) is 0 Å². The number of benzene rings is 2. The Kier molecular flexibility index (Phi) is 4.10. The van der Waals surface area contributed by atoms with Crippen LogP contribution in [0.2, 0.25) is 0 Å². The van der Waals surface area contributed by atoms with Crippen molar-refractivity contribution in [3.8, 4) is 34.3 Å². The largest absolute Gasteiger partial charge is 0.507 e. The van der Waals surface area contributed by atoms with Crippen molar-refractivity contribution in [2.75, 3.05) is 7.11 Å². The Labute approximate surface area is 142 Å². The molecule has 0 saturated carbocycles. The van der Waals surface area contributed by atoms with E-state index in [1.165, 1.54) is 37.5 Å². The molecule has 25 heavy (non-hydrogen) atoms. The van der Waals surface area contributed by atoms with Crippen molar-refractivity contribution in [1.29, 1.82) is 0 Å². The molecule has 6 heteroatoms. The van der Waals surface area contributed by atoms with Crippen molar-refractivity contribution < 1.29 is 24.5 Å². The molecule has 0 saturated heterocycles. The third-order valence-electron chi connectivity index (χ3n) is 3.89. The fourth-order valence-electron chi connectivity index (χ4n) is 2.66. The summed E-state index contributed by atoms with van der Waals surface area (Å²) in [5, 5.41) is 30.2. The predicted molar refractivity (Wildman–Crippen MR) is 93.4 cm³/mol. The highest BCUT2D eigenvalue weighted by molar-refractivity contribution is 5.88. The van der Waals surface area contributed by atoms with Crippen LogP contribution in [-0.4, -0.2) is 22.4 Å². The summed E-state index contributed by atoms with van der Waals surface area (Å²) in [6.45, 7) is 3.56. The van der Waals surface area contributed by atoms with Gasteiger partial charge < -0.3 is 24.5 Å². The number of aromatic hydroxyl groups is 3. The molecular weight excluding hydrogens is 324 g/mol. The number of rotatable bonds is 4. The molecular formula is C19H16O6. The summed E-state index contributed by atoms with van der Waals surface area (Å²) in [5.41, 5.74) is 0.242. The first-order chi connectivity index (χ1) is 12.0. The zero-order valence-electron chi connectivity index (χ0n) is 13.4. The summed E-state index contributed by atoms with van der Waals surface area (Å²) in [6, 6.07) is 7.06. The maximum absolute atomic E-state index is 12.5. The van der Waals surface area contributed by atoms with E-state index in [1.54, 1.807) is 6.07 Å². The third kappa shape index (κ3) is 2.78. The van der Waals surface area contributed by atoms with E-state index in [9.17, 15) is 20.1 Å². The average Bonchev–Trinajstić information content (AvgIpc) is 2.57. The molecule has 1 aromatic heterocycles. The van der Waals surface area contributed by atoms with E-state index >= 15 is 0 Å². The Morgan fingerprint density at radius 1 is 1.16 bits per heavy atom. The Bertz CT molecular complexity index is 1030. The summed E-state index contributed by atoms with van der Waals surface area (Å²) in [5.74, 6) is -0.146. The smallest absolute Gasteiger partial charge is 0.197 e. The molecule has 1 heterocycles. The van der Waals surface area contributed by atoms with Crippen LogP contribution >= 0.6 is 0 Å². The first kappa shape index (κ1) is 16.4. The lowest BCUT2D eigenvalue weighted by atomic mass is 10.0. The summed E-state index contributed by atoms with van der Waals surface area (Å²) < 4.78 is 10.6. The molecule has 128 valence electrons. The van der Waals surface area contributed by atoms with Crippen LogP contribution in [-0.2, 0) is 6.42 Å². The van der Waals surface area contributed by atoms with E-state index in [-0.39, 0.29) is 51.7 Å². The molecule has 3 rings (SSSR count). The summed E-state index contributed by atoms with van der Waals surface area (Å²) in [7, 11) is 1.43. The lowest BCUT2D eigenvalue weighted by Gasteiger charge is -2.10. The fourth-order valence-corrected chi connectivity index (χ4v) is 2.66. The molecule has 0 radical (unpaired) electrons. The van der Waals surface area contributed by atoms with Gasteiger partial charge >= 0.3 is 0 Å². The Morgan fingerprint density at radius 3 is 2.56 bits per heavy atom. The van der Waals surface area contributed by atoms with Crippen LogP contribution in [0, 0.1) is 0 Å². The highest BCUT2D eigenvalue weighted by Crippen LogP contribution is 2.37. The maximum Gasteiger partial charge on any atom is 0.197 e. The van der Waals surface area contributed by atoms with Gasteiger partial charge in [-0.25, -0.2) is 0 Å². The van der Waals surface area contributed by atoms with Gasteiger partial charge in [-0.15, -0.1) is 6.58 Å². The van der Waals surface area contributed by atoms with Crippen LogP contribution in [0.25, 0.3) is 22.3 Å². The second-order valence-electron chi connectivity index (χ2n) is 5.45. The van der Waals surface area contributed by atoms with Gasteiger partial charge in [0.1, 0.15) is 28.2 Å². The van der Waals surface area contributed by atoms with Gasteiger partial charge in [-0.1, -0.05) is 6.08 Å². The zero-order valence-corrected chi connectivity index (χ0v) is 13.4. The summed E-state index contributed by atoms with van der Waals surface area (Å²) >= 11 is 0. The molecule has 0 aliphatic rings. The molecule has 0 fully saturated rings. The number of allylic oxidation sites excluding steroid dienone is 1. The highest BCUT2D eigenvalue weighted by atomic mass is 16.5. The Morgan fingerprint density at radius 2 is 1.92 bits per heavy atom. The average molecular weight is 340 g/mol. The number of phenolic OH excluding ortho intramolecular Hbond substituents is 3. The van der Waals surface area contributed by atoms with Crippen molar-refractivity contribution in [2.24, 2.45) is 0 Å². The number of phenols is 3. The lowest BCUT2D eigenvalue weighted by molar-refractivity contribution is 0.373. The van der Waals surface area contributed by atoms with Crippen molar-refractivity contribution in [2.45, 2.75) is 6.42 Å². The molecule has 0 aliphatic carbocycles. The fraction of sp³-hybridized carbons (Fsp3) is 0.105. The quantitative estimate of drug-likeness (QED) is 0.630. The predicted octanol–water partition coefficient (Wildman–Crippen LogP) is 3.31. The van der Waals surface area contributed by atoms with Crippen molar-refractivity contribution in [3.05, 3.63) is 58.8 Å². The van der Waals surface area contributed by atoms with Gasteiger partial charge in [0.15, 0.2) is 16.9 Å². The van der Waals surface area contributed by atoms with Crippen LogP contribution in [0.5, 0.6) is 23.0 Å². The second-order valence-corrected chi connectivity index (χ2v) is 5.45. The molecule has 2 aromatic carbocycles. The number of hydrogen-bond donors (Lipinski definition) is 3. The highest BCUT2D eigenvalue weighted by Gasteiger charge is 2.17. The molecule has 3 N–H and O–H groups in total. The molecule has 6 nitrogen and oxygen atoms in total. The molecule has 0 bridgehead atoms. The number of hydrogen-bond acceptors (Lipinski definition) is 6. The van der Waals surface area contributed by atoms with Crippen molar-refractivity contribution in [3.63, 3.8) is 0 Å². The first-order valence-corrected chi connectivity index (χ1v) is 7.46. The minimum atomic E-state index is -0.464. The van der Waals surface area contributed by atoms with E-state index in [4.69, 9.17) is 9.15 Å². The number of methoxy groups -OCH3 is 1. The van der Waals surface area contributed by atoms with Crippen LogP contribution in [0.1, 0.15) is 5.56 Å². The van der Waals surface area contributed by atoms with Crippen LogP contribution in [0.4, 0.5) is 0 Å². The summed E-state index contributed by atoms with van der Waals surface area (Å²) in [4.78, 5) is 12.5. The van der Waals surface area contributed by atoms with Crippen molar-refractivity contribution in [1.82, 2.24) is 0 Å². The van der Waals surface area contributed by atoms with E-state index in [0.29, 0.717) is 5.56 Å². The van der Waals surface area contributed by atoms with Gasteiger partial charge in [0.25, 0.3) is 0 Å². The molecule has 0 aliphatic heterocycles. The molecule has 0 unspecified atom stereocenters. The normalized spacial score (nSPS) is 10.8. The molecule has 0 spiro atoms. The van der Waals surface area contributed by atoms with Gasteiger partial charge in [0.2, 0.25) is 0 Å². The Balaban J connectivity index is 2.23.